The number of allylic oxidation sites excluding steroid dienone is 1. The Labute approximate surface area is 203 Å². The number of piperidine rings is 1. The molecule has 0 spiro atoms. The van der Waals surface area contributed by atoms with Crippen LogP contribution in [0.1, 0.15) is 12.8 Å². The van der Waals surface area contributed by atoms with Crippen LogP contribution in [0.2, 0.25) is 0 Å². The van der Waals surface area contributed by atoms with E-state index in [1.54, 1.807) is 19.4 Å². The van der Waals surface area contributed by atoms with Crippen molar-refractivity contribution in [2.45, 2.75) is 18.9 Å². The highest BCUT2D eigenvalue weighted by molar-refractivity contribution is 5.93. The summed E-state index contributed by atoms with van der Waals surface area (Å²) in [7, 11) is 1.64. The molecule has 0 radical (unpaired) electrons. The number of anilines is 2. The average molecular weight is 470 g/mol. The van der Waals surface area contributed by atoms with Crippen LogP contribution in [0.4, 0.5) is 11.5 Å². The van der Waals surface area contributed by atoms with Crippen LogP contribution in [0.3, 0.4) is 0 Å². The SMILES string of the molecule is C=CC(=C)N1CCC(Oc2cc3c(Nc4cccc(-c5cnco5)c4)ncnc3cc2OC)CC1. The number of oxazole rings is 1. The van der Waals surface area contributed by atoms with Crippen molar-refractivity contribution in [3.05, 3.63) is 80.2 Å². The van der Waals surface area contributed by atoms with Gasteiger partial charge in [-0.15, -0.1) is 0 Å². The minimum atomic E-state index is 0.0786. The molecule has 8 heteroatoms. The van der Waals surface area contributed by atoms with E-state index in [2.05, 4.69) is 38.3 Å². The van der Waals surface area contributed by atoms with Crippen LogP contribution < -0.4 is 14.8 Å². The van der Waals surface area contributed by atoms with E-state index in [1.807, 2.05) is 36.4 Å². The summed E-state index contributed by atoms with van der Waals surface area (Å²) in [6, 6.07) is 11.7. The van der Waals surface area contributed by atoms with Gasteiger partial charge in [0.2, 0.25) is 0 Å². The fourth-order valence-electron chi connectivity index (χ4n) is 4.23. The Morgan fingerprint density at radius 2 is 2.03 bits per heavy atom. The molecule has 3 heterocycles. The van der Waals surface area contributed by atoms with Gasteiger partial charge in [0, 0.05) is 54.3 Å². The summed E-state index contributed by atoms with van der Waals surface area (Å²) in [6.45, 7) is 9.62. The number of hydrogen-bond donors (Lipinski definition) is 1. The topological polar surface area (TPSA) is 85.5 Å². The fraction of sp³-hybridized carbons (Fsp3) is 0.222. The van der Waals surface area contributed by atoms with Gasteiger partial charge in [-0.05, 0) is 24.3 Å². The number of rotatable bonds is 8. The Hall–Kier alpha value is -4.33. The van der Waals surface area contributed by atoms with E-state index >= 15 is 0 Å². The number of methoxy groups -OCH3 is 1. The maximum atomic E-state index is 6.41. The Balaban J connectivity index is 1.41. The Morgan fingerprint density at radius 1 is 1.17 bits per heavy atom. The Morgan fingerprint density at radius 3 is 2.77 bits per heavy atom. The van der Waals surface area contributed by atoms with Crippen LogP contribution in [-0.2, 0) is 0 Å². The first-order chi connectivity index (χ1) is 17.1. The normalized spacial score (nSPS) is 14.0. The highest BCUT2D eigenvalue weighted by Crippen LogP contribution is 2.36. The van der Waals surface area contributed by atoms with Crippen LogP contribution in [0, 0.1) is 0 Å². The van der Waals surface area contributed by atoms with Gasteiger partial charge < -0.3 is 24.1 Å². The van der Waals surface area contributed by atoms with E-state index in [0.29, 0.717) is 23.1 Å². The first-order valence-electron chi connectivity index (χ1n) is 11.5. The summed E-state index contributed by atoms with van der Waals surface area (Å²) in [6.07, 6.45) is 8.29. The zero-order chi connectivity index (χ0) is 24.2. The summed E-state index contributed by atoms with van der Waals surface area (Å²) in [5, 5.41) is 4.25. The molecule has 178 valence electrons. The van der Waals surface area contributed by atoms with E-state index < -0.39 is 0 Å². The molecule has 5 rings (SSSR count). The van der Waals surface area contributed by atoms with E-state index in [-0.39, 0.29) is 6.10 Å². The first-order valence-corrected chi connectivity index (χ1v) is 11.5. The lowest BCUT2D eigenvalue weighted by Gasteiger charge is -2.34. The molecule has 4 aromatic rings. The smallest absolute Gasteiger partial charge is 0.181 e. The molecule has 1 fully saturated rings. The van der Waals surface area contributed by atoms with Gasteiger partial charge in [0.25, 0.3) is 0 Å². The number of aromatic nitrogens is 3. The molecule has 0 bridgehead atoms. The van der Waals surface area contributed by atoms with Crippen molar-refractivity contribution in [1.82, 2.24) is 19.9 Å². The minimum Gasteiger partial charge on any atom is -0.493 e. The second-order valence-electron chi connectivity index (χ2n) is 8.31. The second-order valence-corrected chi connectivity index (χ2v) is 8.31. The van der Waals surface area contributed by atoms with E-state index in [1.165, 1.54) is 12.7 Å². The molecular formula is C27H27N5O3. The average Bonchev–Trinajstić information content (AvgIpc) is 3.44. The van der Waals surface area contributed by atoms with Crippen LogP contribution in [0.25, 0.3) is 22.2 Å². The highest BCUT2D eigenvalue weighted by atomic mass is 16.5. The van der Waals surface area contributed by atoms with Crippen molar-refractivity contribution in [3.8, 4) is 22.8 Å². The van der Waals surface area contributed by atoms with Crippen LogP contribution in [-0.4, -0.2) is 46.2 Å². The molecule has 0 amide bonds. The van der Waals surface area contributed by atoms with Gasteiger partial charge in [0.15, 0.2) is 23.7 Å². The molecule has 2 aromatic carbocycles. The lowest BCUT2D eigenvalue weighted by molar-refractivity contribution is 0.116. The summed E-state index contributed by atoms with van der Waals surface area (Å²) in [5.41, 5.74) is 3.50. The first kappa shape index (κ1) is 22.5. The molecule has 1 N–H and O–H groups in total. The van der Waals surface area contributed by atoms with Gasteiger partial charge in [-0.1, -0.05) is 25.3 Å². The molecule has 1 aliphatic heterocycles. The largest absolute Gasteiger partial charge is 0.493 e. The lowest BCUT2D eigenvalue weighted by Crippen LogP contribution is -2.37. The standard InChI is InChI=1S/C27H27N5O3/c1-4-18(2)32-10-8-21(9-11-32)35-25-13-22-23(14-24(25)33-3)29-16-30-27(22)31-20-7-5-6-19(12-20)26-15-28-17-34-26/h4-7,12-17,21H,1-2,8-11H2,3H3,(H,29,30,31). The monoisotopic (exact) mass is 469 g/mol. The van der Waals surface area contributed by atoms with Crippen LogP contribution in [0.15, 0.2) is 84.7 Å². The maximum Gasteiger partial charge on any atom is 0.181 e. The van der Waals surface area contributed by atoms with Crippen LogP contribution in [0.5, 0.6) is 11.5 Å². The van der Waals surface area contributed by atoms with Gasteiger partial charge >= 0.3 is 0 Å². The van der Waals surface area contributed by atoms with Crippen LogP contribution >= 0.6 is 0 Å². The summed E-state index contributed by atoms with van der Waals surface area (Å²) < 4.78 is 17.5. The number of ether oxygens (including phenoxy) is 2. The van der Waals surface area contributed by atoms with Gasteiger partial charge in [-0.25, -0.2) is 15.0 Å². The number of nitrogens with zero attached hydrogens (tertiary/aromatic N) is 4. The molecule has 35 heavy (non-hydrogen) atoms. The summed E-state index contributed by atoms with van der Waals surface area (Å²) in [5.74, 6) is 2.69. The Kier molecular flexibility index (Phi) is 6.34. The quantitative estimate of drug-likeness (QED) is 0.335. The van der Waals surface area contributed by atoms with Crippen molar-refractivity contribution in [2.24, 2.45) is 0 Å². The zero-order valence-corrected chi connectivity index (χ0v) is 19.6. The van der Waals surface area contributed by atoms with Gasteiger partial charge in [0.1, 0.15) is 18.2 Å². The molecule has 2 aromatic heterocycles. The highest BCUT2D eigenvalue weighted by Gasteiger charge is 2.22. The lowest BCUT2D eigenvalue weighted by atomic mass is 10.1. The van der Waals surface area contributed by atoms with Crippen molar-refractivity contribution in [1.29, 1.82) is 0 Å². The summed E-state index contributed by atoms with van der Waals surface area (Å²) >= 11 is 0. The molecule has 0 atom stereocenters. The number of likely N-dealkylation sites (tertiary alicyclic amines) is 1. The Bertz CT molecular complexity index is 1340. The van der Waals surface area contributed by atoms with Crippen molar-refractivity contribution in [3.63, 3.8) is 0 Å². The van der Waals surface area contributed by atoms with E-state index in [9.17, 15) is 0 Å². The van der Waals surface area contributed by atoms with Gasteiger partial charge in [0.05, 0.1) is 18.8 Å². The van der Waals surface area contributed by atoms with Gasteiger partial charge in [-0.2, -0.15) is 0 Å². The van der Waals surface area contributed by atoms with Crippen molar-refractivity contribution < 1.29 is 13.9 Å². The van der Waals surface area contributed by atoms with Crippen molar-refractivity contribution >= 4 is 22.4 Å². The predicted molar refractivity (Wildman–Crippen MR) is 136 cm³/mol. The molecule has 1 aliphatic rings. The third kappa shape index (κ3) is 4.82. The zero-order valence-electron chi connectivity index (χ0n) is 19.6. The number of hydrogen-bond acceptors (Lipinski definition) is 8. The fourth-order valence-corrected chi connectivity index (χ4v) is 4.23. The van der Waals surface area contributed by atoms with E-state index in [4.69, 9.17) is 13.9 Å². The third-order valence-corrected chi connectivity index (χ3v) is 6.14. The number of fused-ring (bicyclic) bond motifs is 1. The molecular weight excluding hydrogens is 442 g/mol. The van der Waals surface area contributed by atoms with Gasteiger partial charge in [-0.3, -0.25) is 0 Å². The molecule has 1 saturated heterocycles. The third-order valence-electron chi connectivity index (χ3n) is 6.14. The molecule has 8 nitrogen and oxygen atoms in total. The minimum absolute atomic E-state index is 0.0786. The molecule has 0 aliphatic carbocycles. The predicted octanol–water partition coefficient (Wildman–Crippen LogP) is 5.58. The second kappa shape index (κ2) is 9.89. The number of benzene rings is 2. The molecule has 0 saturated carbocycles. The van der Waals surface area contributed by atoms with Crippen molar-refractivity contribution in [2.75, 3.05) is 25.5 Å². The number of nitrogens with one attached hydrogen (secondary N) is 1. The summed E-state index contributed by atoms with van der Waals surface area (Å²) in [4.78, 5) is 15.2. The maximum absolute atomic E-state index is 6.41. The van der Waals surface area contributed by atoms with E-state index in [0.717, 1.165) is 53.8 Å². The molecule has 0 unspecified atom stereocenters.